The summed E-state index contributed by atoms with van der Waals surface area (Å²) in [5.74, 6) is 0.763. The number of cyclic esters (lactones) is 1. The van der Waals surface area contributed by atoms with Crippen molar-refractivity contribution in [3.63, 3.8) is 0 Å². The summed E-state index contributed by atoms with van der Waals surface area (Å²) >= 11 is 0. The van der Waals surface area contributed by atoms with Crippen LogP contribution in [-0.4, -0.2) is 16.8 Å². The Balaban J connectivity index is 1.79. The molecule has 0 atom stereocenters. The van der Waals surface area contributed by atoms with E-state index in [9.17, 15) is 14.9 Å². The third-order valence-electron chi connectivity index (χ3n) is 3.18. The van der Waals surface area contributed by atoms with Crippen LogP contribution in [0, 0.1) is 17.0 Å². The number of aliphatic imine (C=N–C) groups is 1. The fraction of sp³-hybridized carbons (Fsp3) is 0.0588. The van der Waals surface area contributed by atoms with Gasteiger partial charge < -0.3 is 9.15 Å². The van der Waals surface area contributed by atoms with Crippen molar-refractivity contribution in [2.24, 2.45) is 4.99 Å². The number of esters is 1. The minimum Gasteiger partial charge on any atom is -0.462 e. The molecule has 0 spiro atoms. The van der Waals surface area contributed by atoms with Gasteiger partial charge in [0.2, 0.25) is 5.90 Å². The molecule has 1 aliphatic rings. The van der Waals surface area contributed by atoms with Crippen molar-refractivity contribution >= 4 is 29.7 Å². The lowest BCUT2D eigenvalue weighted by Gasteiger charge is -1.94. The summed E-state index contributed by atoms with van der Waals surface area (Å²) in [7, 11) is 0. The van der Waals surface area contributed by atoms with Gasteiger partial charge in [0.15, 0.2) is 5.70 Å². The Morgan fingerprint density at radius 1 is 1.21 bits per heavy atom. The Labute approximate surface area is 136 Å². The third-order valence-corrected chi connectivity index (χ3v) is 3.18. The van der Waals surface area contributed by atoms with Gasteiger partial charge >= 0.3 is 5.97 Å². The van der Waals surface area contributed by atoms with Gasteiger partial charge in [-0.3, -0.25) is 10.1 Å². The lowest BCUT2D eigenvalue weighted by Crippen LogP contribution is -2.01. The van der Waals surface area contributed by atoms with Crippen LogP contribution < -0.4 is 0 Å². The second-order valence-electron chi connectivity index (χ2n) is 5.00. The fourth-order valence-corrected chi connectivity index (χ4v) is 2.07. The Hall–Kier alpha value is -3.48. The monoisotopic (exact) mass is 324 g/mol. The predicted molar refractivity (Wildman–Crippen MR) is 87.1 cm³/mol. The van der Waals surface area contributed by atoms with E-state index in [0.29, 0.717) is 11.3 Å². The van der Waals surface area contributed by atoms with Gasteiger partial charge in [-0.1, -0.05) is 12.1 Å². The van der Waals surface area contributed by atoms with Crippen LogP contribution >= 0.6 is 0 Å². The summed E-state index contributed by atoms with van der Waals surface area (Å²) in [6.07, 6.45) is 4.55. The van der Waals surface area contributed by atoms with Crippen LogP contribution in [0.2, 0.25) is 0 Å². The number of nitro groups is 1. The van der Waals surface area contributed by atoms with Crippen LogP contribution in [0.3, 0.4) is 0 Å². The Morgan fingerprint density at radius 3 is 2.75 bits per heavy atom. The molecule has 0 fully saturated rings. The van der Waals surface area contributed by atoms with Crippen LogP contribution in [0.25, 0.3) is 12.2 Å². The quantitative estimate of drug-likeness (QED) is 0.371. The zero-order valence-electron chi connectivity index (χ0n) is 12.6. The first-order valence-electron chi connectivity index (χ1n) is 7.03. The number of rotatable bonds is 4. The molecule has 1 aromatic carbocycles. The molecule has 0 aliphatic carbocycles. The van der Waals surface area contributed by atoms with Crippen LogP contribution in [0.4, 0.5) is 5.69 Å². The summed E-state index contributed by atoms with van der Waals surface area (Å²) in [5, 5.41) is 10.7. The maximum atomic E-state index is 11.8. The molecule has 2 heterocycles. The molecule has 1 aliphatic heterocycles. The van der Waals surface area contributed by atoms with E-state index in [0.717, 1.165) is 5.76 Å². The summed E-state index contributed by atoms with van der Waals surface area (Å²) in [6, 6.07) is 9.59. The number of benzene rings is 1. The second kappa shape index (κ2) is 6.33. The lowest BCUT2D eigenvalue weighted by molar-refractivity contribution is -0.384. The summed E-state index contributed by atoms with van der Waals surface area (Å²) in [5.41, 5.74) is 0.710. The van der Waals surface area contributed by atoms with Crippen LogP contribution in [-0.2, 0) is 9.53 Å². The molecule has 120 valence electrons. The average Bonchev–Trinajstić information content (AvgIpc) is 3.12. The standard InChI is InChI=1S/C17H12N2O5/c1-11-5-7-14(23-11)10-15-17(20)24-16(18-15)8-6-12-3-2-4-13(9-12)19(21)22/h2-10H,1H3/b8-6-,15-10+. The molecule has 24 heavy (non-hydrogen) atoms. The summed E-state index contributed by atoms with van der Waals surface area (Å²) in [4.78, 5) is 26.1. The number of nitro benzene ring substituents is 1. The van der Waals surface area contributed by atoms with Crippen molar-refractivity contribution in [3.05, 3.63) is 75.4 Å². The van der Waals surface area contributed by atoms with Gasteiger partial charge in [-0.2, -0.15) is 0 Å². The molecule has 0 saturated heterocycles. The largest absolute Gasteiger partial charge is 0.462 e. The molecule has 7 nitrogen and oxygen atoms in total. The lowest BCUT2D eigenvalue weighted by atomic mass is 10.2. The number of nitrogens with zero attached hydrogens (tertiary/aromatic N) is 2. The van der Waals surface area contributed by atoms with E-state index in [2.05, 4.69) is 4.99 Å². The third kappa shape index (κ3) is 3.46. The molecule has 0 saturated carbocycles. The zero-order chi connectivity index (χ0) is 17.1. The number of ether oxygens (including phenoxy) is 1. The van der Waals surface area contributed by atoms with E-state index in [1.165, 1.54) is 24.3 Å². The number of non-ortho nitro benzene ring substituents is 1. The predicted octanol–water partition coefficient (Wildman–Crippen LogP) is 3.51. The number of hydrogen-bond acceptors (Lipinski definition) is 6. The molecule has 0 N–H and O–H groups in total. The van der Waals surface area contributed by atoms with Gasteiger partial charge in [-0.15, -0.1) is 0 Å². The normalized spacial score (nSPS) is 15.8. The number of carbonyl (C=O) groups is 1. The van der Waals surface area contributed by atoms with Crippen molar-refractivity contribution in [1.29, 1.82) is 0 Å². The number of hydrogen-bond donors (Lipinski definition) is 0. The number of furan rings is 1. The van der Waals surface area contributed by atoms with E-state index in [1.54, 1.807) is 37.3 Å². The molecular formula is C17H12N2O5. The molecule has 0 amide bonds. The highest BCUT2D eigenvalue weighted by molar-refractivity contribution is 6.11. The van der Waals surface area contributed by atoms with Crippen LogP contribution in [0.15, 0.2) is 57.6 Å². The van der Waals surface area contributed by atoms with Crippen LogP contribution in [0.5, 0.6) is 0 Å². The topological polar surface area (TPSA) is 94.9 Å². The van der Waals surface area contributed by atoms with Crippen molar-refractivity contribution in [1.82, 2.24) is 0 Å². The number of carbonyl (C=O) groups excluding carboxylic acids is 1. The Kier molecular flexibility index (Phi) is 4.07. The van der Waals surface area contributed by atoms with Gasteiger partial charge in [0.1, 0.15) is 11.5 Å². The highest BCUT2D eigenvalue weighted by atomic mass is 16.6. The SMILES string of the molecule is Cc1ccc(/C=C2N=C(/C=C\c3cccc([N+](=O)[O-])c3)OC/2=O)o1. The Bertz CT molecular complexity index is 905. The Morgan fingerprint density at radius 2 is 2.04 bits per heavy atom. The molecule has 7 heteroatoms. The van der Waals surface area contributed by atoms with Gasteiger partial charge in [0.25, 0.3) is 5.69 Å². The van der Waals surface area contributed by atoms with Crippen LogP contribution in [0.1, 0.15) is 17.1 Å². The van der Waals surface area contributed by atoms with E-state index in [-0.39, 0.29) is 17.3 Å². The van der Waals surface area contributed by atoms with E-state index < -0.39 is 10.9 Å². The minimum absolute atomic E-state index is 0.0173. The number of aryl methyl sites for hydroxylation is 1. The smallest absolute Gasteiger partial charge is 0.363 e. The fourth-order valence-electron chi connectivity index (χ4n) is 2.07. The highest BCUT2D eigenvalue weighted by Crippen LogP contribution is 2.19. The van der Waals surface area contributed by atoms with Gasteiger partial charge in [0.05, 0.1) is 4.92 Å². The second-order valence-corrected chi connectivity index (χ2v) is 5.00. The summed E-state index contributed by atoms with van der Waals surface area (Å²) in [6.45, 7) is 1.80. The zero-order valence-corrected chi connectivity index (χ0v) is 12.6. The maximum Gasteiger partial charge on any atom is 0.363 e. The molecule has 0 unspecified atom stereocenters. The van der Waals surface area contributed by atoms with Crippen molar-refractivity contribution in [2.75, 3.05) is 0 Å². The molecule has 3 rings (SSSR count). The van der Waals surface area contributed by atoms with Gasteiger partial charge in [0, 0.05) is 24.3 Å². The first kappa shape index (κ1) is 15.4. The van der Waals surface area contributed by atoms with Crippen molar-refractivity contribution in [3.8, 4) is 0 Å². The molecular weight excluding hydrogens is 312 g/mol. The minimum atomic E-state index is -0.581. The summed E-state index contributed by atoms with van der Waals surface area (Å²) < 4.78 is 10.4. The molecule has 0 bridgehead atoms. The van der Waals surface area contributed by atoms with Gasteiger partial charge in [-0.25, -0.2) is 9.79 Å². The van der Waals surface area contributed by atoms with E-state index in [4.69, 9.17) is 9.15 Å². The first-order valence-corrected chi connectivity index (χ1v) is 7.03. The molecule has 1 aromatic heterocycles. The van der Waals surface area contributed by atoms with Crippen molar-refractivity contribution in [2.45, 2.75) is 6.92 Å². The van der Waals surface area contributed by atoms with Gasteiger partial charge in [-0.05, 0) is 30.7 Å². The highest BCUT2D eigenvalue weighted by Gasteiger charge is 2.21. The molecule has 2 aromatic rings. The first-order chi connectivity index (χ1) is 11.5. The molecule has 0 radical (unpaired) electrons. The van der Waals surface area contributed by atoms with E-state index in [1.807, 2.05) is 0 Å². The van der Waals surface area contributed by atoms with E-state index >= 15 is 0 Å². The maximum absolute atomic E-state index is 11.8. The average molecular weight is 324 g/mol. The van der Waals surface area contributed by atoms with Crippen molar-refractivity contribution < 1.29 is 18.9 Å².